The van der Waals surface area contributed by atoms with Crippen LogP contribution in [0.1, 0.15) is 71.7 Å². The first kappa shape index (κ1) is 27.7. The summed E-state index contributed by atoms with van der Waals surface area (Å²) in [6, 6.07) is 18.1. The van der Waals surface area contributed by atoms with E-state index in [-0.39, 0.29) is 11.5 Å². The van der Waals surface area contributed by atoms with Gasteiger partial charge in [-0.3, -0.25) is 0 Å². The van der Waals surface area contributed by atoms with Gasteiger partial charge in [0.2, 0.25) is 0 Å². The van der Waals surface area contributed by atoms with Crippen molar-refractivity contribution in [2.24, 2.45) is 0 Å². The van der Waals surface area contributed by atoms with E-state index in [4.69, 9.17) is 26.4 Å². The summed E-state index contributed by atoms with van der Waals surface area (Å²) >= 11 is 0. The Hall–Kier alpha value is -3.87. The predicted octanol–water partition coefficient (Wildman–Crippen LogP) is 6.48. The molecule has 0 atom stereocenters. The second-order valence-electron chi connectivity index (χ2n) is 8.65. The van der Waals surface area contributed by atoms with Crippen LogP contribution in [-0.2, 0) is 0 Å². The Morgan fingerprint density at radius 2 is 1.30 bits per heavy atom. The normalized spacial score (nSPS) is 10.4. The zero-order valence-corrected chi connectivity index (χ0v) is 21.4. The van der Waals surface area contributed by atoms with E-state index in [2.05, 4.69) is 6.92 Å². The molecule has 3 aromatic rings. The molecule has 0 aliphatic heterocycles. The van der Waals surface area contributed by atoms with E-state index in [9.17, 15) is 9.59 Å². The van der Waals surface area contributed by atoms with Crippen molar-refractivity contribution in [1.82, 2.24) is 0 Å². The molecule has 191 valence electrons. The van der Waals surface area contributed by atoms with Crippen molar-refractivity contribution in [1.29, 1.82) is 0 Å². The van der Waals surface area contributed by atoms with Gasteiger partial charge < -0.3 is 4.74 Å². The Morgan fingerprint density at radius 3 is 1.92 bits per heavy atom. The van der Waals surface area contributed by atoms with Crippen molar-refractivity contribution in [2.75, 3.05) is 6.61 Å². The van der Waals surface area contributed by atoms with E-state index in [0.29, 0.717) is 29.2 Å². The fraction of sp³-hybridized carbons (Fsp3) is 0.300. The van der Waals surface area contributed by atoms with Gasteiger partial charge >= 0.3 is 115 Å². The van der Waals surface area contributed by atoms with Crippen molar-refractivity contribution in [2.45, 2.75) is 52.4 Å². The number of rotatable bonds is 14. The van der Waals surface area contributed by atoms with Crippen molar-refractivity contribution in [3.63, 3.8) is 0 Å². The van der Waals surface area contributed by atoms with Crippen molar-refractivity contribution in [3.05, 3.63) is 83.4 Å². The first-order valence-corrected chi connectivity index (χ1v) is 12.6. The Morgan fingerprint density at radius 1 is 0.730 bits per heavy atom. The SMILES string of the molecule is [B]=COc1ccc(C(=O)Oc2ccc(C)cc2OC(=O)c2ccc(OCCCCCCCC)cc2)cc1. The summed E-state index contributed by atoms with van der Waals surface area (Å²) in [5.41, 5.74) is 1.51. The maximum absolute atomic E-state index is 12.8. The number of hydrogen-bond donors (Lipinski definition) is 0. The molecule has 0 fully saturated rings. The molecule has 0 aliphatic rings. The summed E-state index contributed by atoms with van der Waals surface area (Å²) < 4.78 is 22.0. The molecule has 0 N–H and O–H groups in total. The molecule has 0 aromatic heterocycles. The van der Waals surface area contributed by atoms with Crippen molar-refractivity contribution < 1.29 is 28.5 Å². The van der Waals surface area contributed by atoms with Crippen LogP contribution in [0, 0.1) is 6.92 Å². The third-order valence-corrected chi connectivity index (χ3v) is 5.66. The zero-order valence-electron chi connectivity index (χ0n) is 21.4. The van der Waals surface area contributed by atoms with E-state index >= 15 is 0 Å². The number of unbranched alkanes of at least 4 members (excludes halogenated alkanes) is 5. The van der Waals surface area contributed by atoms with Gasteiger partial charge in [-0.1, -0.05) is 39.0 Å². The van der Waals surface area contributed by atoms with Crippen LogP contribution in [0.5, 0.6) is 23.0 Å². The number of carbonyl (C=O) groups is 2. The van der Waals surface area contributed by atoms with Gasteiger partial charge in [0.05, 0.1) is 12.2 Å². The average molecular weight is 499 g/mol. The van der Waals surface area contributed by atoms with E-state index in [1.807, 2.05) is 6.92 Å². The molecule has 0 saturated carbocycles. The molecular weight excluding hydrogens is 467 g/mol. The third-order valence-electron chi connectivity index (χ3n) is 5.66. The minimum absolute atomic E-state index is 0.137. The summed E-state index contributed by atoms with van der Waals surface area (Å²) in [5.74, 6) is 0.318. The van der Waals surface area contributed by atoms with Crippen LogP contribution in [0.3, 0.4) is 0 Å². The van der Waals surface area contributed by atoms with Gasteiger partial charge in [-0.25, -0.2) is 4.79 Å². The zero-order chi connectivity index (χ0) is 26.5. The summed E-state index contributed by atoms with van der Waals surface area (Å²) in [4.78, 5) is 25.4. The molecule has 0 saturated heterocycles. The van der Waals surface area contributed by atoms with Crippen molar-refractivity contribution in [3.8, 4) is 23.0 Å². The van der Waals surface area contributed by atoms with Crippen LogP contribution in [0.25, 0.3) is 0 Å². The van der Waals surface area contributed by atoms with Crippen LogP contribution in [-0.4, -0.2) is 32.2 Å². The van der Waals surface area contributed by atoms with E-state index in [1.54, 1.807) is 66.7 Å². The van der Waals surface area contributed by atoms with E-state index in [1.165, 1.54) is 25.7 Å². The Balaban J connectivity index is 1.58. The number of esters is 2. The standard InChI is InChI=1S/C30H32BO6/c1-3-4-5-6-7-8-19-34-25-14-10-24(11-15-25)30(33)37-28-20-22(2)9-18-27(28)36-29(32)23-12-16-26(17-13-23)35-21-31/h9-18,20-21H,3-8,19H2,1-2H3. The summed E-state index contributed by atoms with van der Waals surface area (Å²) in [5, 5.41) is 0. The predicted molar refractivity (Wildman–Crippen MR) is 145 cm³/mol. The van der Waals surface area contributed by atoms with Gasteiger partial charge in [0, 0.05) is 0 Å². The van der Waals surface area contributed by atoms with Gasteiger partial charge in [0.1, 0.15) is 5.75 Å². The summed E-state index contributed by atoms with van der Waals surface area (Å²) in [7, 11) is 5.23. The van der Waals surface area contributed by atoms with Gasteiger partial charge in [0.25, 0.3) is 0 Å². The van der Waals surface area contributed by atoms with Crippen molar-refractivity contribution >= 4 is 25.6 Å². The molecular formula is C30H32BO6. The average Bonchev–Trinajstić information content (AvgIpc) is 2.90. The monoisotopic (exact) mass is 499 g/mol. The van der Waals surface area contributed by atoms with Gasteiger partial charge in [-0.2, -0.15) is 0 Å². The second-order valence-corrected chi connectivity index (χ2v) is 8.65. The summed E-state index contributed by atoms with van der Waals surface area (Å²) in [6.45, 7) is 4.71. The number of benzene rings is 3. The Bertz CT molecular complexity index is 1170. The van der Waals surface area contributed by atoms with Crippen LogP contribution in [0.15, 0.2) is 66.7 Å². The molecule has 7 heteroatoms. The Labute approximate surface area is 219 Å². The van der Waals surface area contributed by atoms with Crippen LogP contribution in [0.2, 0.25) is 0 Å². The molecule has 37 heavy (non-hydrogen) atoms. The molecule has 0 aliphatic carbocycles. The van der Waals surface area contributed by atoms with E-state index in [0.717, 1.165) is 24.6 Å². The first-order valence-electron chi connectivity index (χ1n) is 12.6. The van der Waals surface area contributed by atoms with Crippen LogP contribution in [0.4, 0.5) is 0 Å². The molecule has 0 amide bonds. The van der Waals surface area contributed by atoms with Crippen LogP contribution >= 0.6 is 0 Å². The van der Waals surface area contributed by atoms with E-state index < -0.39 is 11.9 Å². The second kappa shape index (κ2) is 14.6. The topological polar surface area (TPSA) is 71.1 Å². The number of ether oxygens (including phenoxy) is 4. The molecule has 0 heterocycles. The summed E-state index contributed by atoms with van der Waals surface area (Å²) in [6.07, 6.45) is 8.23. The molecule has 3 aromatic carbocycles. The molecule has 0 bridgehead atoms. The minimum atomic E-state index is -0.601. The molecule has 3 rings (SSSR count). The number of carbonyl (C=O) groups excluding carboxylic acids is 2. The molecule has 0 unspecified atom stereocenters. The first-order chi connectivity index (χ1) is 18.0. The fourth-order valence-corrected chi connectivity index (χ4v) is 3.60. The quantitative estimate of drug-likeness (QED) is 0.109. The molecule has 0 spiro atoms. The van der Waals surface area contributed by atoms with Gasteiger partial charge in [-0.15, -0.1) is 0 Å². The Kier molecular flexibility index (Phi) is 11.0. The van der Waals surface area contributed by atoms with Gasteiger partial charge in [-0.05, 0) is 37.6 Å². The molecule has 6 nitrogen and oxygen atoms in total. The number of aryl methyl sites for hydroxylation is 1. The number of hydrogen-bond acceptors (Lipinski definition) is 6. The van der Waals surface area contributed by atoms with Gasteiger partial charge in [0.15, 0.2) is 0 Å². The molecule has 1 radical (unpaired) electrons. The fourth-order valence-electron chi connectivity index (χ4n) is 3.60. The maximum atomic E-state index is 12.8. The van der Waals surface area contributed by atoms with Crippen LogP contribution < -0.4 is 18.9 Å². The third kappa shape index (κ3) is 8.94.